The van der Waals surface area contributed by atoms with E-state index >= 15 is 0 Å². The monoisotopic (exact) mass is 200 g/mol. The fourth-order valence-corrected chi connectivity index (χ4v) is 2.17. The van der Waals surface area contributed by atoms with E-state index in [1.54, 1.807) is 0 Å². The first-order valence-electron chi connectivity index (χ1n) is 4.86. The zero-order chi connectivity index (χ0) is 10.3. The van der Waals surface area contributed by atoms with Crippen LogP contribution in [0, 0.1) is 5.92 Å². The highest BCUT2D eigenvalue weighted by molar-refractivity contribution is 7.81. The molecule has 1 nitrogen and oxygen atoms in total. The van der Waals surface area contributed by atoms with E-state index < -0.39 is 5.60 Å². The van der Waals surface area contributed by atoms with Gasteiger partial charge in [0.2, 0.25) is 0 Å². The maximum atomic E-state index is 10.2. The zero-order valence-electron chi connectivity index (χ0n) is 8.80. The van der Waals surface area contributed by atoms with Gasteiger partial charge in [-0.15, -0.1) is 0 Å². The Morgan fingerprint density at radius 1 is 1.54 bits per heavy atom. The van der Waals surface area contributed by atoms with Gasteiger partial charge in [0.05, 0.1) is 5.60 Å². The average Bonchev–Trinajstić information content (AvgIpc) is 1.94. The summed E-state index contributed by atoms with van der Waals surface area (Å²) < 4.78 is -0.251. The van der Waals surface area contributed by atoms with Gasteiger partial charge >= 0.3 is 0 Å². The summed E-state index contributed by atoms with van der Waals surface area (Å²) in [5, 5.41) is 10.2. The van der Waals surface area contributed by atoms with Gasteiger partial charge < -0.3 is 5.11 Å². The summed E-state index contributed by atoms with van der Waals surface area (Å²) in [6, 6.07) is 0. The van der Waals surface area contributed by atoms with Crippen molar-refractivity contribution < 1.29 is 5.11 Å². The molecular weight excluding hydrogens is 180 g/mol. The van der Waals surface area contributed by atoms with Crippen molar-refractivity contribution in [3.63, 3.8) is 0 Å². The van der Waals surface area contributed by atoms with Crippen LogP contribution >= 0.6 is 12.6 Å². The van der Waals surface area contributed by atoms with Crippen molar-refractivity contribution in [1.29, 1.82) is 0 Å². The van der Waals surface area contributed by atoms with Gasteiger partial charge in [-0.05, 0) is 46.0 Å². The van der Waals surface area contributed by atoms with Crippen molar-refractivity contribution in [3.05, 3.63) is 12.2 Å². The highest BCUT2D eigenvalue weighted by Gasteiger charge is 2.45. The van der Waals surface area contributed by atoms with Crippen LogP contribution in [0.4, 0.5) is 0 Å². The number of allylic oxidation sites excluding steroid dienone is 1. The summed E-state index contributed by atoms with van der Waals surface area (Å²) in [4.78, 5) is 0. The normalized spacial score (nSPS) is 46.1. The fraction of sp³-hybridized carbons (Fsp3) is 0.818. The van der Waals surface area contributed by atoms with Crippen molar-refractivity contribution in [2.24, 2.45) is 5.92 Å². The van der Waals surface area contributed by atoms with Gasteiger partial charge in [-0.3, -0.25) is 0 Å². The Labute approximate surface area is 86.6 Å². The number of aliphatic hydroxyl groups is 1. The van der Waals surface area contributed by atoms with E-state index in [0.717, 1.165) is 19.3 Å². The lowest BCUT2D eigenvalue weighted by molar-refractivity contribution is -0.0193. The summed E-state index contributed by atoms with van der Waals surface area (Å²) in [6.07, 6.45) is 2.86. The minimum Gasteiger partial charge on any atom is -0.389 e. The number of hydrogen-bond acceptors (Lipinski definition) is 2. The van der Waals surface area contributed by atoms with E-state index in [2.05, 4.69) is 19.2 Å². The third-order valence-electron chi connectivity index (χ3n) is 3.48. The molecule has 0 aliphatic heterocycles. The molecule has 1 aliphatic rings. The molecule has 1 rings (SSSR count). The summed E-state index contributed by atoms with van der Waals surface area (Å²) >= 11 is 4.53. The van der Waals surface area contributed by atoms with Gasteiger partial charge in [0.1, 0.15) is 0 Å². The fourth-order valence-electron chi connectivity index (χ4n) is 1.95. The average molecular weight is 200 g/mol. The number of hydrogen-bond donors (Lipinski definition) is 2. The molecule has 1 saturated carbocycles. The summed E-state index contributed by atoms with van der Waals surface area (Å²) in [5.41, 5.74) is 0.516. The molecule has 0 aromatic rings. The number of thiol groups is 1. The Morgan fingerprint density at radius 3 is 2.46 bits per heavy atom. The first-order chi connectivity index (χ1) is 5.76. The molecule has 0 aromatic carbocycles. The Hall–Kier alpha value is 0.0500. The lowest BCUT2D eigenvalue weighted by Crippen LogP contribution is -2.50. The zero-order valence-corrected chi connectivity index (χ0v) is 9.69. The molecule has 0 bridgehead atoms. The lowest BCUT2D eigenvalue weighted by Gasteiger charge is -2.46. The smallest absolute Gasteiger partial charge is 0.0766 e. The first kappa shape index (κ1) is 11.1. The molecule has 0 unspecified atom stereocenters. The second kappa shape index (κ2) is 3.32. The Kier molecular flexibility index (Phi) is 2.84. The molecule has 0 spiro atoms. The summed E-state index contributed by atoms with van der Waals surface area (Å²) in [7, 11) is 0. The van der Waals surface area contributed by atoms with Crippen LogP contribution in [0.3, 0.4) is 0 Å². The quantitative estimate of drug-likeness (QED) is 0.492. The van der Waals surface area contributed by atoms with Crippen molar-refractivity contribution in [2.45, 2.75) is 50.4 Å². The summed E-state index contributed by atoms with van der Waals surface area (Å²) in [6.45, 7) is 9.90. The maximum absolute atomic E-state index is 10.2. The minimum absolute atomic E-state index is 0.251. The van der Waals surface area contributed by atoms with Crippen LogP contribution in [0.1, 0.15) is 40.0 Å². The van der Waals surface area contributed by atoms with Gasteiger partial charge in [0.15, 0.2) is 0 Å². The van der Waals surface area contributed by atoms with Crippen molar-refractivity contribution in [1.82, 2.24) is 0 Å². The van der Waals surface area contributed by atoms with Crippen LogP contribution in [0.5, 0.6) is 0 Å². The second-order valence-corrected chi connectivity index (χ2v) is 5.82. The highest BCUT2D eigenvalue weighted by Crippen LogP contribution is 2.45. The van der Waals surface area contributed by atoms with E-state index in [1.165, 1.54) is 5.57 Å². The molecular formula is C11H20OS. The Morgan fingerprint density at radius 2 is 2.08 bits per heavy atom. The second-order valence-electron chi connectivity index (χ2n) is 4.83. The van der Waals surface area contributed by atoms with E-state index in [4.69, 9.17) is 0 Å². The van der Waals surface area contributed by atoms with E-state index in [9.17, 15) is 5.11 Å². The Bertz CT molecular complexity index is 218. The van der Waals surface area contributed by atoms with Gasteiger partial charge in [-0.25, -0.2) is 0 Å². The molecule has 0 radical (unpaired) electrons. The molecule has 0 amide bonds. The maximum Gasteiger partial charge on any atom is 0.0766 e. The third kappa shape index (κ3) is 2.10. The van der Waals surface area contributed by atoms with Crippen molar-refractivity contribution in [2.75, 3.05) is 0 Å². The first-order valence-corrected chi connectivity index (χ1v) is 5.31. The molecule has 3 atom stereocenters. The highest BCUT2D eigenvalue weighted by atomic mass is 32.1. The van der Waals surface area contributed by atoms with Crippen LogP contribution in [-0.2, 0) is 0 Å². The van der Waals surface area contributed by atoms with E-state index in [-0.39, 0.29) is 4.75 Å². The largest absolute Gasteiger partial charge is 0.389 e. The van der Waals surface area contributed by atoms with Crippen LogP contribution in [-0.4, -0.2) is 15.5 Å². The molecule has 0 heterocycles. The lowest BCUT2D eigenvalue weighted by atomic mass is 9.70. The predicted octanol–water partition coefficient (Wildman–Crippen LogP) is 2.80. The van der Waals surface area contributed by atoms with Crippen LogP contribution in [0.2, 0.25) is 0 Å². The van der Waals surface area contributed by atoms with Crippen LogP contribution in [0.15, 0.2) is 12.2 Å². The van der Waals surface area contributed by atoms with Gasteiger partial charge in [0.25, 0.3) is 0 Å². The molecule has 2 heteroatoms. The minimum atomic E-state index is -0.669. The van der Waals surface area contributed by atoms with Gasteiger partial charge in [-0.2, -0.15) is 12.6 Å². The SMILES string of the molecule is C=C(C)[C@@H]1CC[C@](C)(S)[C@@](C)(O)C1. The van der Waals surface area contributed by atoms with Crippen LogP contribution < -0.4 is 0 Å². The third-order valence-corrected chi connectivity index (χ3v) is 4.19. The molecule has 0 aromatic heterocycles. The molecule has 1 N–H and O–H groups in total. The summed E-state index contributed by atoms with van der Waals surface area (Å²) in [5.74, 6) is 0.468. The molecule has 1 fully saturated rings. The van der Waals surface area contributed by atoms with E-state index in [0.29, 0.717) is 5.92 Å². The standard InChI is InChI=1S/C11H20OS/c1-8(2)9-5-6-11(4,13)10(3,12)7-9/h9,12-13H,1,5-7H2,2-4H3/t9-,10+,11+/m1/s1. The number of rotatable bonds is 1. The molecule has 1 aliphatic carbocycles. The predicted molar refractivity (Wildman–Crippen MR) is 60.2 cm³/mol. The van der Waals surface area contributed by atoms with Crippen molar-refractivity contribution >= 4 is 12.6 Å². The van der Waals surface area contributed by atoms with Gasteiger partial charge in [0, 0.05) is 4.75 Å². The van der Waals surface area contributed by atoms with Gasteiger partial charge in [-0.1, -0.05) is 12.2 Å². The molecule has 13 heavy (non-hydrogen) atoms. The van der Waals surface area contributed by atoms with Crippen LogP contribution in [0.25, 0.3) is 0 Å². The molecule has 76 valence electrons. The van der Waals surface area contributed by atoms with Crippen molar-refractivity contribution in [3.8, 4) is 0 Å². The van der Waals surface area contributed by atoms with E-state index in [1.807, 2.05) is 20.8 Å². The Balaban J connectivity index is 2.76. The topological polar surface area (TPSA) is 20.2 Å². The molecule has 0 saturated heterocycles.